The van der Waals surface area contributed by atoms with E-state index in [4.69, 9.17) is 9.72 Å². The first-order chi connectivity index (χ1) is 14.8. The second-order valence-corrected chi connectivity index (χ2v) is 9.17. The highest BCUT2D eigenvalue weighted by molar-refractivity contribution is 7.13. The largest absolute Gasteiger partial charge is 0.494 e. The van der Waals surface area contributed by atoms with E-state index in [1.165, 1.54) is 32.1 Å². The fraction of sp³-hybridized carbons (Fsp3) is 0.625. The molecule has 0 bridgehead atoms. The van der Waals surface area contributed by atoms with Crippen LogP contribution in [0.3, 0.4) is 0 Å². The quantitative estimate of drug-likeness (QED) is 0.391. The van der Waals surface area contributed by atoms with E-state index >= 15 is 0 Å². The van der Waals surface area contributed by atoms with Crippen LogP contribution in [0.1, 0.15) is 64.0 Å². The Hall–Kier alpha value is -1.63. The van der Waals surface area contributed by atoms with E-state index in [2.05, 4.69) is 34.7 Å². The molecule has 0 unspecified atom stereocenters. The van der Waals surface area contributed by atoms with Crippen LogP contribution in [0.15, 0.2) is 29.6 Å². The van der Waals surface area contributed by atoms with E-state index in [1.54, 1.807) is 11.3 Å². The molecule has 1 aromatic heterocycles. The number of anilines is 2. The molecule has 0 atom stereocenters. The predicted octanol–water partition coefficient (Wildman–Crippen LogP) is 5.83. The van der Waals surface area contributed by atoms with Gasteiger partial charge in [-0.3, -0.25) is 4.90 Å². The Bertz CT molecular complexity index is 711. The van der Waals surface area contributed by atoms with Gasteiger partial charge in [-0.25, -0.2) is 4.98 Å². The summed E-state index contributed by atoms with van der Waals surface area (Å²) in [4.78, 5) is 7.17. The third-order valence-electron chi connectivity index (χ3n) is 5.77. The van der Waals surface area contributed by atoms with Crippen molar-refractivity contribution < 1.29 is 9.84 Å². The van der Waals surface area contributed by atoms with Gasteiger partial charge in [-0.05, 0) is 62.5 Å². The van der Waals surface area contributed by atoms with Gasteiger partial charge in [0.15, 0.2) is 5.13 Å². The number of hydrogen-bond acceptors (Lipinski definition) is 6. The first kappa shape index (κ1) is 23.0. The summed E-state index contributed by atoms with van der Waals surface area (Å²) in [5, 5.41) is 15.7. The number of rotatable bonds is 13. The predicted molar refractivity (Wildman–Crippen MR) is 126 cm³/mol. The summed E-state index contributed by atoms with van der Waals surface area (Å²) in [5.74, 6) is 1.41. The molecule has 1 aliphatic rings. The molecule has 0 radical (unpaired) electrons. The Morgan fingerprint density at radius 1 is 1.10 bits per heavy atom. The number of benzene rings is 1. The third kappa shape index (κ3) is 7.89. The van der Waals surface area contributed by atoms with Crippen molar-refractivity contribution in [1.82, 2.24) is 9.88 Å². The molecule has 1 aliphatic heterocycles. The van der Waals surface area contributed by atoms with Crippen molar-refractivity contribution in [3.63, 3.8) is 0 Å². The van der Waals surface area contributed by atoms with Gasteiger partial charge in [-0.2, -0.15) is 0 Å². The lowest BCUT2D eigenvalue weighted by Gasteiger charge is -2.30. The Labute approximate surface area is 185 Å². The number of ether oxygens (including phenoxy) is 1. The summed E-state index contributed by atoms with van der Waals surface area (Å²) < 4.78 is 5.86. The molecule has 6 heteroatoms. The molecule has 1 saturated heterocycles. The highest BCUT2D eigenvalue weighted by atomic mass is 32.1. The van der Waals surface area contributed by atoms with Crippen LogP contribution >= 0.6 is 11.3 Å². The lowest BCUT2D eigenvalue weighted by atomic mass is 9.98. The van der Waals surface area contributed by atoms with Crippen molar-refractivity contribution in [2.45, 2.75) is 64.8 Å². The Morgan fingerprint density at radius 2 is 1.83 bits per heavy atom. The first-order valence-electron chi connectivity index (χ1n) is 11.5. The highest BCUT2D eigenvalue weighted by Gasteiger charge is 2.19. The van der Waals surface area contributed by atoms with Crippen molar-refractivity contribution in [2.24, 2.45) is 5.92 Å². The number of aliphatic hydroxyl groups is 1. The monoisotopic (exact) mass is 431 g/mol. The van der Waals surface area contributed by atoms with Crippen LogP contribution < -0.4 is 10.1 Å². The average Bonchev–Trinajstić information content (AvgIpc) is 3.21. The van der Waals surface area contributed by atoms with Gasteiger partial charge in [0, 0.05) is 24.2 Å². The number of hydrogen-bond donors (Lipinski definition) is 2. The van der Waals surface area contributed by atoms with Gasteiger partial charge in [-0.15, -0.1) is 11.3 Å². The number of unbranched alkanes of at least 4 members (excludes halogenated alkanes) is 5. The second kappa shape index (κ2) is 12.9. The zero-order chi connectivity index (χ0) is 21.0. The fourth-order valence-corrected chi connectivity index (χ4v) is 4.55. The molecular formula is C24H37N3O2S. The number of likely N-dealkylation sites (tertiary alicyclic amines) is 1. The maximum atomic E-state index is 9.27. The number of nitrogens with one attached hydrogen (secondary N) is 1. The number of nitrogens with zero attached hydrogens (tertiary/aromatic N) is 2. The van der Waals surface area contributed by atoms with Crippen LogP contribution in [0.2, 0.25) is 0 Å². The van der Waals surface area contributed by atoms with Gasteiger partial charge in [0.05, 0.1) is 12.3 Å². The van der Waals surface area contributed by atoms with Gasteiger partial charge >= 0.3 is 0 Å². The SMILES string of the molecule is CCCCCCCCOc1ccc(Nc2nc(CN3CCC(CO)CC3)cs2)cc1. The molecule has 3 rings (SSSR count). The lowest BCUT2D eigenvalue weighted by Crippen LogP contribution is -2.34. The van der Waals surface area contributed by atoms with E-state index in [-0.39, 0.29) is 0 Å². The standard InChI is InChI=1S/C24H37N3O2S/c1-2-3-4-5-6-7-16-29-23-10-8-21(9-11-23)25-24-26-22(19-30-24)17-27-14-12-20(18-28)13-15-27/h8-11,19-20,28H,2-7,12-18H2,1H3,(H,25,26). The molecule has 30 heavy (non-hydrogen) atoms. The Morgan fingerprint density at radius 3 is 2.57 bits per heavy atom. The zero-order valence-corrected chi connectivity index (χ0v) is 19.1. The Kier molecular flexibility index (Phi) is 9.93. The summed E-state index contributed by atoms with van der Waals surface area (Å²) in [6.07, 6.45) is 9.85. The molecule has 5 nitrogen and oxygen atoms in total. The number of aliphatic hydroxyl groups excluding tert-OH is 1. The second-order valence-electron chi connectivity index (χ2n) is 8.31. The van der Waals surface area contributed by atoms with Crippen LogP contribution in [0.5, 0.6) is 5.75 Å². The Balaban J connectivity index is 1.36. The van der Waals surface area contributed by atoms with E-state index in [9.17, 15) is 5.11 Å². The van der Waals surface area contributed by atoms with Crippen molar-refractivity contribution >= 4 is 22.2 Å². The number of aromatic nitrogens is 1. The first-order valence-corrected chi connectivity index (χ1v) is 12.4. The zero-order valence-electron chi connectivity index (χ0n) is 18.3. The fourth-order valence-electron chi connectivity index (χ4n) is 3.82. The third-order valence-corrected chi connectivity index (χ3v) is 6.58. The molecule has 2 aromatic rings. The molecule has 1 fully saturated rings. The summed E-state index contributed by atoms with van der Waals surface area (Å²) in [5.41, 5.74) is 2.15. The molecular weight excluding hydrogens is 394 g/mol. The van der Waals surface area contributed by atoms with Gasteiger partial charge < -0.3 is 15.2 Å². The topological polar surface area (TPSA) is 57.6 Å². The van der Waals surface area contributed by atoms with Crippen LogP contribution in [-0.4, -0.2) is 41.3 Å². The highest BCUT2D eigenvalue weighted by Crippen LogP contribution is 2.25. The normalized spacial score (nSPS) is 15.4. The maximum Gasteiger partial charge on any atom is 0.187 e. The molecule has 2 N–H and O–H groups in total. The minimum atomic E-state index is 0.321. The van der Waals surface area contributed by atoms with Crippen molar-refractivity contribution in [2.75, 3.05) is 31.6 Å². The molecule has 2 heterocycles. The van der Waals surface area contributed by atoms with Crippen molar-refractivity contribution in [1.29, 1.82) is 0 Å². The summed E-state index contributed by atoms with van der Waals surface area (Å²) >= 11 is 1.65. The van der Waals surface area contributed by atoms with Crippen molar-refractivity contribution in [3.05, 3.63) is 35.3 Å². The minimum absolute atomic E-state index is 0.321. The summed E-state index contributed by atoms with van der Waals surface area (Å²) in [6.45, 7) is 6.35. The molecule has 1 aromatic carbocycles. The van der Waals surface area contributed by atoms with E-state index < -0.39 is 0 Å². The minimum Gasteiger partial charge on any atom is -0.494 e. The number of thiazole rings is 1. The molecule has 0 aliphatic carbocycles. The van der Waals surface area contributed by atoms with Crippen LogP contribution in [0.25, 0.3) is 0 Å². The van der Waals surface area contributed by atoms with Gasteiger partial charge in [0.2, 0.25) is 0 Å². The summed E-state index contributed by atoms with van der Waals surface area (Å²) in [6, 6.07) is 8.16. The lowest BCUT2D eigenvalue weighted by molar-refractivity contribution is 0.126. The van der Waals surface area contributed by atoms with Crippen LogP contribution in [0, 0.1) is 5.92 Å². The van der Waals surface area contributed by atoms with Gasteiger partial charge in [0.25, 0.3) is 0 Å². The number of piperidine rings is 1. The molecule has 0 saturated carbocycles. The van der Waals surface area contributed by atoms with E-state index in [0.29, 0.717) is 12.5 Å². The summed E-state index contributed by atoms with van der Waals surface area (Å²) in [7, 11) is 0. The van der Waals surface area contributed by atoms with Crippen LogP contribution in [0.4, 0.5) is 10.8 Å². The molecule has 0 amide bonds. The molecule has 0 spiro atoms. The average molecular weight is 432 g/mol. The van der Waals surface area contributed by atoms with Gasteiger partial charge in [-0.1, -0.05) is 39.0 Å². The maximum absolute atomic E-state index is 9.27. The van der Waals surface area contributed by atoms with Gasteiger partial charge in [0.1, 0.15) is 5.75 Å². The van der Waals surface area contributed by atoms with Crippen molar-refractivity contribution in [3.8, 4) is 5.75 Å². The smallest absolute Gasteiger partial charge is 0.187 e. The van der Waals surface area contributed by atoms with E-state index in [1.807, 2.05) is 12.1 Å². The molecule has 166 valence electrons. The van der Waals surface area contributed by atoms with Crippen LogP contribution in [-0.2, 0) is 6.54 Å². The van der Waals surface area contributed by atoms with E-state index in [0.717, 1.165) is 67.8 Å².